The zero-order chi connectivity index (χ0) is 17.8. The number of nitrogens with one attached hydrogen (secondary N) is 2. The molecule has 2 aromatic carbocycles. The van der Waals surface area contributed by atoms with Crippen molar-refractivity contribution in [2.24, 2.45) is 0 Å². The van der Waals surface area contributed by atoms with Crippen LogP contribution in [0.15, 0.2) is 48.5 Å². The Balaban J connectivity index is 1.77. The number of amides is 2. The number of rotatable bonds is 4. The lowest BCUT2D eigenvalue weighted by Gasteiger charge is -2.35. The van der Waals surface area contributed by atoms with E-state index in [0.29, 0.717) is 12.3 Å². The van der Waals surface area contributed by atoms with E-state index < -0.39 is 6.10 Å². The van der Waals surface area contributed by atoms with E-state index in [1.54, 1.807) is 13.1 Å². The van der Waals surface area contributed by atoms with E-state index in [0.717, 1.165) is 16.9 Å². The summed E-state index contributed by atoms with van der Waals surface area (Å²) < 4.78 is 5.75. The van der Waals surface area contributed by atoms with E-state index >= 15 is 0 Å². The number of hydrogen-bond donors (Lipinski definition) is 2. The third kappa shape index (κ3) is 3.74. The molecule has 1 heterocycles. The summed E-state index contributed by atoms with van der Waals surface area (Å²) in [6.07, 6.45) is -0.647. The van der Waals surface area contributed by atoms with Gasteiger partial charge in [-0.1, -0.05) is 30.3 Å². The molecule has 0 aliphatic carbocycles. The van der Waals surface area contributed by atoms with Crippen LogP contribution in [0.2, 0.25) is 0 Å². The predicted molar refractivity (Wildman–Crippen MR) is 96.9 cm³/mol. The van der Waals surface area contributed by atoms with Gasteiger partial charge in [0.2, 0.25) is 5.91 Å². The Morgan fingerprint density at radius 2 is 1.88 bits per heavy atom. The maximum Gasteiger partial charge on any atom is 0.262 e. The first-order valence-electron chi connectivity index (χ1n) is 8.16. The summed E-state index contributed by atoms with van der Waals surface area (Å²) >= 11 is 0. The van der Waals surface area contributed by atoms with E-state index in [-0.39, 0.29) is 18.4 Å². The average molecular weight is 339 g/mol. The van der Waals surface area contributed by atoms with E-state index in [9.17, 15) is 9.59 Å². The Labute approximate surface area is 146 Å². The standard InChI is InChI=1S/C19H21N3O3/c1-13-7-3-4-8-14(13)21-18(23)12-22-11-17(19(24)20-2)25-16-10-6-5-9-15(16)22/h3-10,17H,11-12H2,1-2H3,(H,20,24)(H,21,23)/t17-/m1/s1. The highest BCUT2D eigenvalue weighted by Crippen LogP contribution is 2.33. The van der Waals surface area contributed by atoms with Gasteiger partial charge in [0.15, 0.2) is 6.10 Å². The second kappa shape index (κ2) is 7.25. The summed E-state index contributed by atoms with van der Waals surface area (Å²) in [4.78, 5) is 26.3. The van der Waals surface area contributed by atoms with Crippen molar-refractivity contribution >= 4 is 23.2 Å². The zero-order valence-corrected chi connectivity index (χ0v) is 14.3. The molecule has 6 heteroatoms. The number of nitrogens with zero attached hydrogens (tertiary/aromatic N) is 1. The molecule has 2 aromatic rings. The number of anilines is 2. The Morgan fingerprint density at radius 1 is 1.16 bits per heavy atom. The molecule has 0 fully saturated rings. The lowest BCUT2D eigenvalue weighted by Crippen LogP contribution is -2.50. The number of fused-ring (bicyclic) bond motifs is 1. The fourth-order valence-corrected chi connectivity index (χ4v) is 2.83. The van der Waals surface area contributed by atoms with Crippen LogP contribution in [0.5, 0.6) is 5.75 Å². The molecule has 1 aliphatic rings. The van der Waals surface area contributed by atoms with Gasteiger partial charge >= 0.3 is 0 Å². The van der Waals surface area contributed by atoms with Gasteiger partial charge in [0.05, 0.1) is 18.8 Å². The van der Waals surface area contributed by atoms with Crippen molar-refractivity contribution in [3.63, 3.8) is 0 Å². The molecule has 0 aromatic heterocycles. The highest BCUT2D eigenvalue weighted by atomic mass is 16.5. The molecule has 1 atom stereocenters. The molecule has 1 aliphatic heterocycles. The van der Waals surface area contributed by atoms with Crippen LogP contribution in [0.3, 0.4) is 0 Å². The van der Waals surface area contributed by atoms with Crippen LogP contribution in [-0.4, -0.2) is 38.1 Å². The van der Waals surface area contributed by atoms with Crippen molar-refractivity contribution in [2.45, 2.75) is 13.0 Å². The maximum absolute atomic E-state index is 12.5. The summed E-state index contributed by atoms with van der Waals surface area (Å²) in [5.74, 6) is 0.256. The number of aryl methyl sites for hydroxylation is 1. The van der Waals surface area contributed by atoms with Gasteiger partial charge in [-0.2, -0.15) is 0 Å². The molecule has 0 unspecified atom stereocenters. The molecule has 0 saturated heterocycles. The number of ether oxygens (including phenoxy) is 1. The molecule has 2 N–H and O–H groups in total. The van der Waals surface area contributed by atoms with Crippen LogP contribution in [0.1, 0.15) is 5.56 Å². The van der Waals surface area contributed by atoms with Crippen LogP contribution in [0.25, 0.3) is 0 Å². The van der Waals surface area contributed by atoms with Gasteiger partial charge in [-0.3, -0.25) is 9.59 Å². The van der Waals surface area contributed by atoms with Gasteiger partial charge in [-0.25, -0.2) is 0 Å². The van der Waals surface area contributed by atoms with Crippen molar-refractivity contribution in [3.8, 4) is 5.75 Å². The van der Waals surface area contributed by atoms with Gasteiger partial charge in [0.25, 0.3) is 5.91 Å². The summed E-state index contributed by atoms with van der Waals surface area (Å²) in [5.41, 5.74) is 2.60. The Kier molecular flexibility index (Phi) is 4.88. The smallest absolute Gasteiger partial charge is 0.262 e. The number of carbonyl (C=O) groups is 2. The highest BCUT2D eigenvalue weighted by Gasteiger charge is 2.30. The molecule has 2 amide bonds. The van der Waals surface area contributed by atoms with Crippen molar-refractivity contribution in [1.29, 1.82) is 0 Å². The van der Waals surface area contributed by atoms with Crippen LogP contribution >= 0.6 is 0 Å². The maximum atomic E-state index is 12.5. The third-order valence-corrected chi connectivity index (χ3v) is 4.15. The van der Waals surface area contributed by atoms with Gasteiger partial charge in [-0.15, -0.1) is 0 Å². The topological polar surface area (TPSA) is 70.7 Å². The zero-order valence-electron chi connectivity index (χ0n) is 14.3. The number of benzene rings is 2. The fourth-order valence-electron chi connectivity index (χ4n) is 2.83. The predicted octanol–water partition coefficient (Wildman–Crippen LogP) is 1.95. The van der Waals surface area contributed by atoms with E-state index in [1.165, 1.54) is 0 Å². The van der Waals surface area contributed by atoms with Gasteiger partial charge in [0.1, 0.15) is 5.75 Å². The van der Waals surface area contributed by atoms with Crippen LogP contribution < -0.4 is 20.3 Å². The number of para-hydroxylation sites is 3. The lowest BCUT2D eigenvalue weighted by molar-refractivity contribution is -0.127. The number of carbonyl (C=O) groups excluding carboxylic acids is 2. The summed E-state index contributed by atoms with van der Waals surface area (Å²) in [7, 11) is 1.57. The molecule has 6 nitrogen and oxygen atoms in total. The van der Waals surface area contributed by atoms with Crippen LogP contribution in [-0.2, 0) is 9.59 Å². The Bertz CT molecular complexity index is 791. The first-order chi connectivity index (χ1) is 12.1. The highest BCUT2D eigenvalue weighted by molar-refractivity contribution is 5.95. The molecule has 0 saturated carbocycles. The lowest BCUT2D eigenvalue weighted by atomic mass is 10.1. The first kappa shape index (κ1) is 16.8. The minimum Gasteiger partial charge on any atom is -0.477 e. The molecule has 0 bridgehead atoms. The third-order valence-electron chi connectivity index (χ3n) is 4.15. The normalized spacial score (nSPS) is 15.8. The molecule has 130 valence electrons. The fraction of sp³-hybridized carbons (Fsp3) is 0.263. The van der Waals surface area contributed by atoms with Gasteiger partial charge in [-0.05, 0) is 30.7 Å². The van der Waals surface area contributed by atoms with Crippen molar-refractivity contribution < 1.29 is 14.3 Å². The molecule has 3 rings (SSSR count). The summed E-state index contributed by atoms with van der Waals surface area (Å²) in [5, 5.41) is 5.52. The SMILES string of the molecule is CNC(=O)[C@H]1CN(CC(=O)Nc2ccccc2C)c2ccccc2O1. The Morgan fingerprint density at radius 3 is 2.64 bits per heavy atom. The van der Waals surface area contributed by atoms with E-state index in [4.69, 9.17) is 4.74 Å². The summed E-state index contributed by atoms with van der Waals surface area (Å²) in [6.45, 7) is 2.40. The minimum atomic E-state index is -0.647. The molecule has 0 spiro atoms. The first-order valence-corrected chi connectivity index (χ1v) is 8.16. The number of likely N-dealkylation sites (N-methyl/N-ethyl adjacent to an activating group) is 1. The molecular formula is C19H21N3O3. The monoisotopic (exact) mass is 339 g/mol. The molecular weight excluding hydrogens is 318 g/mol. The number of hydrogen-bond acceptors (Lipinski definition) is 4. The van der Waals surface area contributed by atoms with Crippen LogP contribution in [0, 0.1) is 6.92 Å². The van der Waals surface area contributed by atoms with Gasteiger partial charge in [0, 0.05) is 12.7 Å². The van der Waals surface area contributed by atoms with E-state index in [2.05, 4.69) is 10.6 Å². The van der Waals surface area contributed by atoms with Crippen molar-refractivity contribution in [1.82, 2.24) is 5.32 Å². The van der Waals surface area contributed by atoms with Gasteiger partial charge < -0.3 is 20.3 Å². The minimum absolute atomic E-state index is 0.137. The second-order valence-corrected chi connectivity index (χ2v) is 5.93. The Hall–Kier alpha value is -3.02. The average Bonchev–Trinajstić information content (AvgIpc) is 2.62. The van der Waals surface area contributed by atoms with E-state index in [1.807, 2.05) is 54.3 Å². The van der Waals surface area contributed by atoms with Crippen molar-refractivity contribution in [3.05, 3.63) is 54.1 Å². The largest absolute Gasteiger partial charge is 0.477 e. The molecule has 0 radical (unpaired) electrons. The second-order valence-electron chi connectivity index (χ2n) is 5.93. The molecule has 25 heavy (non-hydrogen) atoms. The van der Waals surface area contributed by atoms with Crippen molar-refractivity contribution in [2.75, 3.05) is 30.4 Å². The quantitative estimate of drug-likeness (QED) is 0.893. The summed E-state index contributed by atoms with van der Waals surface area (Å²) in [6, 6.07) is 15.0. The van der Waals surface area contributed by atoms with Crippen LogP contribution in [0.4, 0.5) is 11.4 Å².